The monoisotopic (exact) mass is 277 g/mol. The summed E-state index contributed by atoms with van der Waals surface area (Å²) >= 11 is 0. The van der Waals surface area contributed by atoms with Crippen LogP contribution in [-0.4, -0.2) is 34.0 Å². The molecule has 4 nitrogen and oxygen atoms in total. The molecule has 1 aliphatic heterocycles. The molecule has 2 N–H and O–H groups in total. The largest absolute Gasteiger partial charge is 0.349 e. The lowest BCUT2D eigenvalue weighted by Crippen LogP contribution is -2.51. The second kappa shape index (κ2) is 6.00. The van der Waals surface area contributed by atoms with Crippen LogP contribution >= 0.6 is 0 Å². The fourth-order valence-corrected chi connectivity index (χ4v) is 3.42. The first-order valence-corrected chi connectivity index (χ1v) is 7.70. The Kier molecular flexibility index (Phi) is 4.53. The van der Waals surface area contributed by atoms with Gasteiger partial charge in [-0.1, -0.05) is 0 Å². The molecule has 2 heterocycles. The van der Waals surface area contributed by atoms with E-state index in [2.05, 4.69) is 18.4 Å². The average Bonchev–Trinajstić information content (AvgIpc) is 2.72. The number of carbonyl (C=O) groups excluding carboxylic acids is 1. The molecule has 0 aliphatic carbocycles. The van der Waals surface area contributed by atoms with Gasteiger partial charge in [0.1, 0.15) is 0 Å². The van der Waals surface area contributed by atoms with E-state index >= 15 is 0 Å². The smallest absolute Gasteiger partial charge is 0.255 e. The minimum absolute atomic E-state index is 0.0360. The number of hydrogen-bond acceptors (Lipinski definition) is 2. The van der Waals surface area contributed by atoms with E-state index in [0.717, 1.165) is 42.9 Å². The topological polar surface area (TPSA) is 51.3 Å². The van der Waals surface area contributed by atoms with Gasteiger partial charge in [-0.15, -0.1) is 0 Å². The number of aryl methyl sites for hydroxylation is 1. The van der Waals surface area contributed by atoms with E-state index in [4.69, 9.17) is 5.73 Å². The van der Waals surface area contributed by atoms with Crippen LogP contribution in [0.15, 0.2) is 6.07 Å². The first-order chi connectivity index (χ1) is 9.47. The van der Waals surface area contributed by atoms with E-state index in [1.54, 1.807) is 0 Å². The summed E-state index contributed by atoms with van der Waals surface area (Å²) in [5.41, 5.74) is 9.15. The van der Waals surface area contributed by atoms with E-state index in [1.165, 1.54) is 6.42 Å². The number of carbonyl (C=O) groups is 1. The van der Waals surface area contributed by atoms with Crippen LogP contribution in [0.2, 0.25) is 0 Å². The summed E-state index contributed by atoms with van der Waals surface area (Å²) in [4.78, 5) is 14.9. The lowest BCUT2D eigenvalue weighted by Gasteiger charge is -2.38. The molecule has 1 aliphatic rings. The van der Waals surface area contributed by atoms with Crippen molar-refractivity contribution in [1.82, 2.24) is 9.47 Å². The summed E-state index contributed by atoms with van der Waals surface area (Å²) in [5, 5.41) is 0. The quantitative estimate of drug-likeness (QED) is 0.922. The predicted molar refractivity (Wildman–Crippen MR) is 81.9 cm³/mol. The zero-order valence-corrected chi connectivity index (χ0v) is 13.1. The van der Waals surface area contributed by atoms with Crippen molar-refractivity contribution in [1.29, 1.82) is 0 Å². The number of hydrogen-bond donors (Lipinski definition) is 1. The standard InChI is InChI=1S/C16H27N3O/c1-5-18-11(2)10-14(13(18)4)16(20)19-9-7-6-8-15(19)12(3)17/h10,12,15H,5-9,17H2,1-4H3/t12-,15+/m1/s1. The molecule has 112 valence electrons. The number of aromatic nitrogens is 1. The third kappa shape index (κ3) is 2.62. The normalized spacial score (nSPS) is 21.1. The molecule has 2 atom stereocenters. The molecule has 0 radical (unpaired) electrons. The van der Waals surface area contributed by atoms with Crippen molar-refractivity contribution in [3.05, 3.63) is 23.0 Å². The van der Waals surface area contributed by atoms with Crippen molar-refractivity contribution in [2.75, 3.05) is 6.54 Å². The van der Waals surface area contributed by atoms with E-state index < -0.39 is 0 Å². The van der Waals surface area contributed by atoms with Gasteiger partial charge in [-0.05, 0) is 53.0 Å². The highest BCUT2D eigenvalue weighted by Crippen LogP contribution is 2.24. The summed E-state index contributed by atoms with van der Waals surface area (Å²) in [6, 6.07) is 2.24. The molecule has 0 spiro atoms. The van der Waals surface area contributed by atoms with Gasteiger partial charge in [0.25, 0.3) is 5.91 Å². The van der Waals surface area contributed by atoms with Crippen LogP contribution in [0.5, 0.6) is 0 Å². The maximum atomic E-state index is 12.9. The number of rotatable bonds is 3. The van der Waals surface area contributed by atoms with Crippen LogP contribution in [-0.2, 0) is 6.54 Å². The second-order valence-corrected chi connectivity index (χ2v) is 5.95. The van der Waals surface area contributed by atoms with Gasteiger partial charge in [0.15, 0.2) is 0 Å². The van der Waals surface area contributed by atoms with Crippen LogP contribution in [0.4, 0.5) is 0 Å². The third-order valence-corrected chi connectivity index (χ3v) is 4.54. The Labute approximate surface area is 121 Å². The molecule has 1 aromatic heterocycles. The van der Waals surface area contributed by atoms with Crippen molar-refractivity contribution < 1.29 is 4.79 Å². The van der Waals surface area contributed by atoms with Gasteiger partial charge in [-0.3, -0.25) is 4.79 Å². The van der Waals surface area contributed by atoms with Crippen LogP contribution in [0, 0.1) is 13.8 Å². The highest BCUT2D eigenvalue weighted by molar-refractivity contribution is 5.96. The van der Waals surface area contributed by atoms with Crippen LogP contribution in [0.25, 0.3) is 0 Å². The Balaban J connectivity index is 2.30. The van der Waals surface area contributed by atoms with E-state index in [9.17, 15) is 4.79 Å². The van der Waals surface area contributed by atoms with E-state index in [0.29, 0.717) is 0 Å². The molecular formula is C16H27N3O. The van der Waals surface area contributed by atoms with E-state index in [1.807, 2.05) is 24.8 Å². The molecule has 0 unspecified atom stereocenters. The Hall–Kier alpha value is -1.29. The number of nitrogens with two attached hydrogens (primary N) is 1. The van der Waals surface area contributed by atoms with Crippen LogP contribution in [0.1, 0.15) is 54.9 Å². The van der Waals surface area contributed by atoms with E-state index in [-0.39, 0.29) is 18.0 Å². The molecule has 2 rings (SSSR count). The SMILES string of the molecule is CCn1c(C)cc(C(=O)N2CCCC[C@H]2[C@@H](C)N)c1C. The first-order valence-electron chi connectivity index (χ1n) is 7.70. The van der Waals surface area contributed by atoms with Crippen LogP contribution in [0.3, 0.4) is 0 Å². The minimum Gasteiger partial charge on any atom is -0.349 e. The van der Waals surface area contributed by atoms with Crippen LogP contribution < -0.4 is 5.73 Å². The van der Waals surface area contributed by atoms with Gasteiger partial charge >= 0.3 is 0 Å². The zero-order valence-electron chi connectivity index (χ0n) is 13.1. The highest BCUT2D eigenvalue weighted by atomic mass is 16.2. The van der Waals surface area contributed by atoms with Crippen molar-refractivity contribution in [3.8, 4) is 0 Å². The fourth-order valence-electron chi connectivity index (χ4n) is 3.42. The first kappa shape index (κ1) is 15.1. The van der Waals surface area contributed by atoms with Gasteiger partial charge in [-0.25, -0.2) is 0 Å². The minimum atomic E-state index is 0.0360. The Morgan fingerprint density at radius 3 is 2.70 bits per heavy atom. The maximum absolute atomic E-state index is 12.9. The van der Waals surface area contributed by atoms with Gasteiger partial charge < -0.3 is 15.2 Å². The van der Waals surface area contributed by atoms with Crippen molar-refractivity contribution >= 4 is 5.91 Å². The van der Waals surface area contributed by atoms with Gasteiger partial charge in [0.05, 0.1) is 5.56 Å². The fraction of sp³-hybridized carbons (Fsp3) is 0.688. The number of likely N-dealkylation sites (tertiary alicyclic amines) is 1. The number of piperidine rings is 1. The lowest BCUT2D eigenvalue weighted by atomic mass is 9.96. The molecule has 0 aromatic carbocycles. The second-order valence-electron chi connectivity index (χ2n) is 5.95. The number of nitrogens with zero attached hydrogens (tertiary/aromatic N) is 2. The Morgan fingerprint density at radius 2 is 2.15 bits per heavy atom. The third-order valence-electron chi connectivity index (χ3n) is 4.54. The Bertz CT molecular complexity index is 490. The Morgan fingerprint density at radius 1 is 1.45 bits per heavy atom. The summed E-state index contributed by atoms with van der Waals surface area (Å²) < 4.78 is 2.19. The predicted octanol–water partition coefficient (Wildman–Crippen LogP) is 2.47. The molecule has 20 heavy (non-hydrogen) atoms. The highest BCUT2D eigenvalue weighted by Gasteiger charge is 2.31. The van der Waals surface area contributed by atoms with Gasteiger partial charge in [0, 0.05) is 36.6 Å². The molecule has 1 saturated heterocycles. The average molecular weight is 277 g/mol. The number of amides is 1. The van der Waals surface area contributed by atoms with Crippen molar-refractivity contribution in [2.24, 2.45) is 5.73 Å². The van der Waals surface area contributed by atoms with Crippen molar-refractivity contribution in [2.45, 2.75) is 65.6 Å². The van der Waals surface area contributed by atoms with Gasteiger partial charge in [0.2, 0.25) is 0 Å². The van der Waals surface area contributed by atoms with Crippen molar-refractivity contribution in [3.63, 3.8) is 0 Å². The summed E-state index contributed by atoms with van der Waals surface area (Å²) in [6.07, 6.45) is 3.28. The summed E-state index contributed by atoms with van der Waals surface area (Å²) in [6.45, 7) is 9.95. The molecular weight excluding hydrogens is 250 g/mol. The summed E-state index contributed by atoms with van der Waals surface area (Å²) in [7, 11) is 0. The molecule has 1 aromatic rings. The zero-order chi connectivity index (χ0) is 14.9. The molecule has 1 amide bonds. The molecule has 1 fully saturated rings. The molecule has 4 heteroatoms. The van der Waals surface area contributed by atoms with Gasteiger partial charge in [-0.2, -0.15) is 0 Å². The summed E-state index contributed by atoms with van der Waals surface area (Å²) in [5.74, 6) is 0.153. The maximum Gasteiger partial charge on any atom is 0.255 e. The molecule has 0 bridgehead atoms. The lowest BCUT2D eigenvalue weighted by molar-refractivity contribution is 0.0583. The molecule has 0 saturated carbocycles.